The molecule has 1 heterocycles. The summed E-state index contributed by atoms with van der Waals surface area (Å²) in [6.07, 6.45) is 0.775. The van der Waals surface area contributed by atoms with E-state index in [0.717, 1.165) is 19.3 Å². The number of alkyl halides is 3. The first-order valence-corrected chi connectivity index (χ1v) is 7.68. The zero-order valence-electron chi connectivity index (χ0n) is 13.1. The monoisotopic (exact) mass is 379 g/mol. The molecule has 9 heteroatoms. The van der Waals surface area contributed by atoms with E-state index in [9.17, 15) is 18.0 Å². The van der Waals surface area contributed by atoms with Crippen LogP contribution in [0, 0.1) is 0 Å². The molecule has 0 radical (unpaired) electrons. The molecule has 0 atom stereocenters. The van der Waals surface area contributed by atoms with Gasteiger partial charge in [0.2, 0.25) is 5.91 Å². The highest BCUT2D eigenvalue weighted by Crippen LogP contribution is 2.28. The maximum Gasteiger partial charge on any atom is 0.401 e. The number of hydrogen-bond donors (Lipinski definition) is 1. The molecule has 0 aromatic carbocycles. The van der Waals surface area contributed by atoms with Crippen molar-refractivity contribution in [1.29, 1.82) is 0 Å². The fourth-order valence-electron chi connectivity index (χ4n) is 3.30. The van der Waals surface area contributed by atoms with Crippen LogP contribution in [0.2, 0.25) is 0 Å². The third-order valence-corrected chi connectivity index (χ3v) is 4.45. The fourth-order valence-corrected chi connectivity index (χ4v) is 3.30. The van der Waals surface area contributed by atoms with Gasteiger partial charge in [0.25, 0.3) is 0 Å². The van der Waals surface area contributed by atoms with Gasteiger partial charge >= 0.3 is 6.18 Å². The summed E-state index contributed by atoms with van der Waals surface area (Å²) in [4.78, 5) is 15.6. The topological polar surface area (TPSA) is 49.6 Å². The molecule has 2 N–H and O–H groups in total. The van der Waals surface area contributed by atoms with Gasteiger partial charge in [-0.25, -0.2) is 0 Å². The molecule has 0 bridgehead atoms. The molecule has 1 saturated heterocycles. The Kier molecular flexibility index (Phi) is 9.20. The third-order valence-electron chi connectivity index (χ3n) is 4.45. The van der Waals surface area contributed by atoms with Gasteiger partial charge in [0.1, 0.15) is 0 Å². The van der Waals surface area contributed by atoms with Gasteiger partial charge in [0.15, 0.2) is 0 Å². The van der Waals surface area contributed by atoms with Crippen LogP contribution < -0.4 is 5.73 Å². The number of amides is 1. The van der Waals surface area contributed by atoms with E-state index in [1.165, 1.54) is 4.90 Å². The molecule has 0 unspecified atom stereocenters. The lowest BCUT2D eigenvalue weighted by Gasteiger charge is -2.36. The van der Waals surface area contributed by atoms with Crippen molar-refractivity contribution < 1.29 is 18.0 Å². The smallest absolute Gasteiger partial charge is 0.340 e. The summed E-state index contributed by atoms with van der Waals surface area (Å²) in [7, 11) is 0. The number of nitrogens with two attached hydrogens (primary N) is 1. The lowest BCUT2D eigenvalue weighted by molar-refractivity contribution is -0.145. The molecule has 2 fully saturated rings. The first kappa shape index (κ1) is 22.8. The quantitative estimate of drug-likeness (QED) is 0.801. The van der Waals surface area contributed by atoms with Crippen molar-refractivity contribution >= 4 is 30.7 Å². The minimum atomic E-state index is -4.18. The fraction of sp³-hybridized carbons (Fsp3) is 0.929. The Hall–Kier alpha value is -0.240. The molecule has 138 valence electrons. The Morgan fingerprint density at radius 2 is 1.57 bits per heavy atom. The average Bonchev–Trinajstić information content (AvgIpc) is 2.62. The zero-order valence-corrected chi connectivity index (χ0v) is 14.7. The van der Waals surface area contributed by atoms with Crippen molar-refractivity contribution in [1.82, 2.24) is 9.80 Å². The summed E-state index contributed by atoms with van der Waals surface area (Å²) >= 11 is 0. The Morgan fingerprint density at radius 1 is 0.957 bits per heavy atom. The Bertz CT molecular complexity index is 377. The Labute approximate surface area is 147 Å². The van der Waals surface area contributed by atoms with Gasteiger partial charge in [0.05, 0.1) is 12.1 Å². The second-order valence-electron chi connectivity index (χ2n) is 6.25. The number of hydrogen-bond acceptors (Lipinski definition) is 3. The zero-order chi connectivity index (χ0) is 15.5. The third kappa shape index (κ3) is 6.64. The van der Waals surface area contributed by atoms with Crippen LogP contribution in [0.15, 0.2) is 0 Å². The minimum Gasteiger partial charge on any atom is -0.340 e. The molecule has 2 rings (SSSR count). The lowest BCUT2D eigenvalue weighted by Crippen LogP contribution is -2.56. The van der Waals surface area contributed by atoms with Crippen LogP contribution in [0.25, 0.3) is 0 Å². The van der Waals surface area contributed by atoms with E-state index in [-0.39, 0.29) is 37.3 Å². The van der Waals surface area contributed by atoms with Crippen molar-refractivity contribution in [2.75, 3.05) is 32.7 Å². The predicted molar refractivity (Wildman–Crippen MR) is 88.2 cm³/mol. The summed E-state index contributed by atoms with van der Waals surface area (Å²) < 4.78 is 37.3. The molecular formula is C14H26Cl2F3N3O. The van der Waals surface area contributed by atoms with E-state index in [2.05, 4.69) is 0 Å². The number of carbonyl (C=O) groups excluding carboxylic acids is 1. The number of halogens is 5. The first-order valence-electron chi connectivity index (χ1n) is 7.68. The van der Waals surface area contributed by atoms with Crippen molar-refractivity contribution in [2.45, 2.75) is 50.2 Å². The SMILES string of the molecule is Cl.Cl.NC1(C(=O)N2CCCN(CC(F)(F)F)CC2)CCCCC1. The lowest BCUT2D eigenvalue weighted by atomic mass is 9.81. The van der Waals surface area contributed by atoms with Crippen LogP contribution in [0.1, 0.15) is 38.5 Å². The largest absolute Gasteiger partial charge is 0.401 e. The Morgan fingerprint density at radius 3 is 2.13 bits per heavy atom. The van der Waals surface area contributed by atoms with E-state index in [1.807, 2.05) is 0 Å². The highest BCUT2D eigenvalue weighted by Gasteiger charge is 2.39. The summed E-state index contributed by atoms with van der Waals surface area (Å²) in [5.74, 6) is -0.0731. The maximum absolute atomic E-state index is 12.6. The second kappa shape index (κ2) is 9.30. The molecule has 1 aliphatic carbocycles. The molecule has 0 aromatic rings. The van der Waals surface area contributed by atoms with Crippen molar-refractivity contribution in [3.63, 3.8) is 0 Å². The van der Waals surface area contributed by atoms with E-state index < -0.39 is 18.3 Å². The van der Waals surface area contributed by atoms with Gasteiger partial charge < -0.3 is 10.6 Å². The maximum atomic E-state index is 12.6. The van der Waals surface area contributed by atoms with Gasteiger partial charge in [-0.3, -0.25) is 9.69 Å². The van der Waals surface area contributed by atoms with E-state index >= 15 is 0 Å². The number of nitrogens with zero attached hydrogens (tertiary/aromatic N) is 2. The van der Waals surface area contributed by atoms with E-state index in [4.69, 9.17) is 5.73 Å². The molecule has 1 amide bonds. The standard InChI is InChI=1S/C14H24F3N3O.2ClH/c15-14(16,17)11-19-7-4-8-20(10-9-19)12(21)13(18)5-2-1-3-6-13;;/h1-11,18H2;2*1H. The van der Waals surface area contributed by atoms with Crippen LogP contribution in [-0.4, -0.2) is 60.1 Å². The molecule has 1 aliphatic heterocycles. The van der Waals surface area contributed by atoms with Crippen LogP contribution in [0.4, 0.5) is 13.2 Å². The number of carbonyl (C=O) groups is 1. The average molecular weight is 380 g/mol. The number of rotatable bonds is 2. The highest BCUT2D eigenvalue weighted by molar-refractivity contribution is 5.86. The van der Waals surface area contributed by atoms with Crippen molar-refractivity contribution in [2.24, 2.45) is 5.73 Å². The molecular weight excluding hydrogens is 354 g/mol. The summed E-state index contributed by atoms with van der Waals surface area (Å²) in [6, 6.07) is 0. The van der Waals surface area contributed by atoms with Crippen LogP contribution in [0.3, 0.4) is 0 Å². The van der Waals surface area contributed by atoms with E-state index in [0.29, 0.717) is 38.9 Å². The first-order chi connectivity index (χ1) is 9.80. The summed E-state index contributed by atoms with van der Waals surface area (Å²) in [5, 5.41) is 0. The molecule has 4 nitrogen and oxygen atoms in total. The molecule has 23 heavy (non-hydrogen) atoms. The van der Waals surface area contributed by atoms with Gasteiger partial charge in [-0.2, -0.15) is 13.2 Å². The minimum absolute atomic E-state index is 0. The second-order valence-corrected chi connectivity index (χ2v) is 6.25. The van der Waals surface area contributed by atoms with Gasteiger partial charge in [-0.1, -0.05) is 19.3 Å². The molecule has 0 spiro atoms. The van der Waals surface area contributed by atoms with Gasteiger partial charge in [-0.05, 0) is 19.3 Å². The van der Waals surface area contributed by atoms with Crippen LogP contribution in [0.5, 0.6) is 0 Å². The molecule has 2 aliphatic rings. The summed E-state index contributed by atoms with van der Waals surface area (Å²) in [5.41, 5.74) is 5.44. The van der Waals surface area contributed by atoms with Crippen molar-refractivity contribution in [3.8, 4) is 0 Å². The van der Waals surface area contributed by atoms with Crippen LogP contribution in [-0.2, 0) is 4.79 Å². The molecule has 0 aromatic heterocycles. The van der Waals surface area contributed by atoms with E-state index in [1.54, 1.807) is 4.90 Å². The van der Waals surface area contributed by atoms with Crippen molar-refractivity contribution in [3.05, 3.63) is 0 Å². The normalized spacial score (nSPS) is 22.5. The van der Waals surface area contributed by atoms with Gasteiger partial charge in [-0.15, -0.1) is 24.8 Å². The predicted octanol–water partition coefficient (Wildman–Crippen LogP) is 2.59. The van der Waals surface area contributed by atoms with Crippen LogP contribution >= 0.6 is 24.8 Å². The molecule has 1 saturated carbocycles. The highest BCUT2D eigenvalue weighted by atomic mass is 35.5. The van der Waals surface area contributed by atoms with Gasteiger partial charge in [0, 0.05) is 26.2 Å². The Balaban J connectivity index is 0.00000242. The summed E-state index contributed by atoms with van der Waals surface area (Å²) in [6.45, 7) is 0.588.